The number of nitrogens with one attached hydrogen (secondary N) is 3. The molecule has 38 heavy (non-hydrogen) atoms. The highest BCUT2D eigenvalue weighted by molar-refractivity contribution is 6.18. The van der Waals surface area contributed by atoms with Crippen LogP contribution in [0.15, 0.2) is 48.5 Å². The molecule has 2 aromatic rings. The molecule has 11 heteroatoms. The van der Waals surface area contributed by atoms with Gasteiger partial charge in [-0.25, -0.2) is 9.18 Å². The quantitative estimate of drug-likeness (QED) is 0.262. The highest BCUT2D eigenvalue weighted by Gasteiger charge is 2.30. The van der Waals surface area contributed by atoms with E-state index in [1.165, 1.54) is 24.3 Å². The second-order valence-electron chi connectivity index (χ2n) is 9.18. The summed E-state index contributed by atoms with van der Waals surface area (Å²) in [5.74, 6) is -1.76. The van der Waals surface area contributed by atoms with Crippen molar-refractivity contribution in [2.75, 3.05) is 36.3 Å². The molecule has 0 saturated carbocycles. The van der Waals surface area contributed by atoms with E-state index in [9.17, 15) is 23.9 Å². The molecule has 0 radical (unpaired) electrons. The predicted octanol–water partition coefficient (Wildman–Crippen LogP) is 2.70. The zero-order chi connectivity index (χ0) is 27.5. The van der Waals surface area contributed by atoms with E-state index in [4.69, 9.17) is 23.2 Å². The van der Waals surface area contributed by atoms with Gasteiger partial charge in [0.15, 0.2) is 0 Å². The Hall–Kier alpha value is -2.88. The van der Waals surface area contributed by atoms with Crippen LogP contribution in [0.4, 0.5) is 10.1 Å². The van der Waals surface area contributed by atoms with Crippen molar-refractivity contribution in [3.05, 3.63) is 65.5 Å². The number of halogens is 3. The van der Waals surface area contributed by atoms with E-state index in [0.29, 0.717) is 43.4 Å². The van der Waals surface area contributed by atoms with Gasteiger partial charge in [0.2, 0.25) is 11.8 Å². The average Bonchev–Trinajstić information content (AvgIpc) is 3.44. The Labute approximate surface area is 231 Å². The maximum Gasteiger partial charge on any atom is 0.326 e. The number of carboxylic acid groups (broad SMARTS) is 1. The minimum Gasteiger partial charge on any atom is -0.480 e. The van der Waals surface area contributed by atoms with Gasteiger partial charge in [-0.05, 0) is 54.8 Å². The number of amides is 2. The molecule has 1 aliphatic rings. The minimum atomic E-state index is -1.26. The van der Waals surface area contributed by atoms with Crippen molar-refractivity contribution < 1.29 is 23.9 Å². The van der Waals surface area contributed by atoms with Crippen LogP contribution < -0.4 is 20.9 Å². The predicted molar refractivity (Wildman–Crippen MR) is 146 cm³/mol. The first kappa shape index (κ1) is 29.7. The van der Waals surface area contributed by atoms with E-state index in [1.54, 1.807) is 0 Å². The van der Waals surface area contributed by atoms with Crippen molar-refractivity contribution in [1.82, 2.24) is 16.0 Å². The molecule has 8 nitrogen and oxygen atoms in total. The highest BCUT2D eigenvalue weighted by atomic mass is 35.5. The summed E-state index contributed by atoms with van der Waals surface area (Å²) in [7, 11) is 0. The summed E-state index contributed by atoms with van der Waals surface area (Å²) in [4.78, 5) is 40.2. The summed E-state index contributed by atoms with van der Waals surface area (Å²) in [6.07, 6.45) is 1.63. The molecule has 1 heterocycles. The summed E-state index contributed by atoms with van der Waals surface area (Å²) >= 11 is 11.9. The molecule has 0 aliphatic carbocycles. The monoisotopic (exact) mass is 566 g/mol. The summed E-state index contributed by atoms with van der Waals surface area (Å²) < 4.78 is 13.3. The standard InChI is InChI=1S/C27H33Cl2FN4O4/c28-10-13-34(14-11-29)21-4-1-3-19(15-21)17-23(32-25(35)22-5-2-12-31-22)26(36)33-24(27(37)38)16-18-6-8-20(30)9-7-18/h1,3-4,6-9,15,22-24,31H,2,5,10-14,16-17H2,(H,32,35)(H,33,36)(H,37,38)/t22-,23?,24-/m0/s1. The van der Waals surface area contributed by atoms with Gasteiger partial charge in [-0.1, -0.05) is 24.3 Å². The fourth-order valence-electron chi connectivity index (χ4n) is 4.41. The number of nitrogens with zero attached hydrogens (tertiary/aromatic N) is 1. The largest absolute Gasteiger partial charge is 0.480 e. The van der Waals surface area contributed by atoms with E-state index < -0.39 is 35.8 Å². The van der Waals surface area contributed by atoms with Gasteiger partial charge in [0.1, 0.15) is 17.9 Å². The smallest absolute Gasteiger partial charge is 0.326 e. The molecule has 1 aliphatic heterocycles. The van der Waals surface area contributed by atoms with E-state index in [-0.39, 0.29) is 18.7 Å². The first-order valence-corrected chi connectivity index (χ1v) is 13.6. The lowest BCUT2D eigenvalue weighted by Crippen LogP contribution is -2.55. The third-order valence-corrected chi connectivity index (χ3v) is 6.74. The SMILES string of the molecule is O=C(N[C@@H](Cc1ccc(F)cc1)C(=O)O)C(Cc1cccc(N(CCCl)CCCl)c1)NC(=O)[C@@H]1CCCN1. The number of alkyl halides is 2. The number of carbonyl (C=O) groups is 3. The number of hydrogen-bond donors (Lipinski definition) is 4. The van der Waals surface area contributed by atoms with Crippen LogP contribution in [0.25, 0.3) is 0 Å². The Bertz CT molecular complexity index is 1080. The molecule has 2 amide bonds. The van der Waals surface area contributed by atoms with Crippen LogP contribution in [0.3, 0.4) is 0 Å². The molecule has 2 aromatic carbocycles. The van der Waals surface area contributed by atoms with Crippen molar-refractivity contribution in [2.45, 2.75) is 43.8 Å². The van der Waals surface area contributed by atoms with Gasteiger partial charge in [0, 0.05) is 43.4 Å². The molecule has 206 valence electrons. The number of carboxylic acids is 1. The number of benzene rings is 2. The molecule has 3 atom stereocenters. The molecule has 4 N–H and O–H groups in total. The Balaban J connectivity index is 1.79. The number of hydrogen-bond acceptors (Lipinski definition) is 5. The van der Waals surface area contributed by atoms with Crippen LogP contribution in [0.1, 0.15) is 24.0 Å². The lowest BCUT2D eigenvalue weighted by Gasteiger charge is -2.25. The lowest BCUT2D eigenvalue weighted by molar-refractivity contribution is -0.142. The van der Waals surface area contributed by atoms with E-state index >= 15 is 0 Å². The minimum absolute atomic E-state index is 0.0342. The van der Waals surface area contributed by atoms with Gasteiger partial charge in [0.05, 0.1) is 6.04 Å². The van der Waals surface area contributed by atoms with Crippen molar-refractivity contribution in [1.29, 1.82) is 0 Å². The van der Waals surface area contributed by atoms with Crippen LogP contribution in [-0.2, 0) is 27.2 Å². The number of anilines is 1. The van der Waals surface area contributed by atoms with Crippen LogP contribution >= 0.6 is 23.2 Å². The number of rotatable bonds is 14. The zero-order valence-electron chi connectivity index (χ0n) is 21.0. The Morgan fingerprint density at radius 2 is 1.68 bits per heavy atom. The molecule has 1 unspecified atom stereocenters. The second-order valence-corrected chi connectivity index (χ2v) is 9.94. The van der Waals surface area contributed by atoms with Crippen molar-refractivity contribution >= 4 is 46.7 Å². The Morgan fingerprint density at radius 1 is 1.00 bits per heavy atom. The maximum atomic E-state index is 13.4. The molecule has 0 spiro atoms. The van der Waals surface area contributed by atoms with Crippen LogP contribution in [0.5, 0.6) is 0 Å². The second kappa shape index (κ2) is 14.9. The first-order valence-electron chi connectivity index (χ1n) is 12.6. The van der Waals surface area contributed by atoms with Gasteiger partial charge in [0.25, 0.3) is 0 Å². The molecule has 3 rings (SSSR count). The third kappa shape index (κ3) is 8.85. The summed E-state index contributed by atoms with van der Waals surface area (Å²) in [5.41, 5.74) is 2.22. The fourth-order valence-corrected chi connectivity index (χ4v) is 4.82. The normalized spacial score (nSPS) is 16.4. The molecular formula is C27H33Cl2FN4O4. The van der Waals surface area contributed by atoms with Gasteiger partial charge >= 0.3 is 5.97 Å². The van der Waals surface area contributed by atoms with Crippen molar-refractivity contribution in [3.63, 3.8) is 0 Å². The fraction of sp³-hybridized carbons (Fsp3) is 0.444. The van der Waals surface area contributed by atoms with Crippen molar-refractivity contribution in [2.24, 2.45) is 0 Å². The van der Waals surface area contributed by atoms with Gasteiger partial charge in [-0.15, -0.1) is 23.2 Å². The number of carbonyl (C=O) groups excluding carboxylic acids is 2. The van der Waals surface area contributed by atoms with E-state index in [1.807, 2.05) is 29.2 Å². The summed E-state index contributed by atoms with van der Waals surface area (Å²) in [6, 6.07) is 10.3. The highest BCUT2D eigenvalue weighted by Crippen LogP contribution is 2.18. The molecule has 0 bridgehead atoms. The van der Waals surface area contributed by atoms with Gasteiger partial charge in [-0.2, -0.15) is 0 Å². The van der Waals surface area contributed by atoms with Crippen LogP contribution in [0, 0.1) is 5.82 Å². The molecule has 1 fully saturated rings. The first-order chi connectivity index (χ1) is 18.3. The van der Waals surface area contributed by atoms with Gasteiger partial charge < -0.3 is 26.0 Å². The zero-order valence-corrected chi connectivity index (χ0v) is 22.5. The Morgan fingerprint density at radius 3 is 2.29 bits per heavy atom. The average molecular weight is 567 g/mol. The van der Waals surface area contributed by atoms with E-state index in [0.717, 1.165) is 17.7 Å². The molecule has 1 saturated heterocycles. The molecular weight excluding hydrogens is 534 g/mol. The van der Waals surface area contributed by atoms with Crippen molar-refractivity contribution in [3.8, 4) is 0 Å². The topological polar surface area (TPSA) is 111 Å². The van der Waals surface area contributed by atoms with Crippen LogP contribution in [-0.4, -0.2) is 72.4 Å². The van der Waals surface area contributed by atoms with Gasteiger partial charge in [-0.3, -0.25) is 9.59 Å². The molecule has 0 aromatic heterocycles. The van der Waals surface area contributed by atoms with E-state index in [2.05, 4.69) is 16.0 Å². The number of aliphatic carboxylic acids is 1. The lowest BCUT2D eigenvalue weighted by atomic mass is 10.0. The summed E-state index contributed by atoms with van der Waals surface area (Å²) in [5, 5.41) is 18.2. The third-order valence-electron chi connectivity index (χ3n) is 6.40. The van der Waals surface area contributed by atoms with Crippen LogP contribution in [0.2, 0.25) is 0 Å². The maximum absolute atomic E-state index is 13.4. The summed E-state index contributed by atoms with van der Waals surface area (Å²) in [6.45, 7) is 1.90. The Kier molecular flexibility index (Phi) is 11.6.